The van der Waals surface area contributed by atoms with Gasteiger partial charge in [0.25, 0.3) is 5.56 Å². The summed E-state index contributed by atoms with van der Waals surface area (Å²) < 4.78 is 21.6. The molecule has 0 fully saturated rings. The largest absolute Gasteiger partial charge is 0.488 e. The van der Waals surface area contributed by atoms with Crippen molar-refractivity contribution in [3.8, 4) is 5.75 Å². The first-order chi connectivity index (χ1) is 17.4. The highest BCUT2D eigenvalue weighted by atomic mass is 79.9. The second-order valence-electron chi connectivity index (χ2n) is 8.69. The summed E-state index contributed by atoms with van der Waals surface area (Å²) in [5.41, 5.74) is 2.95. The third-order valence-electron chi connectivity index (χ3n) is 5.76. The molecule has 0 atom stereocenters. The maximum atomic E-state index is 13.4. The lowest BCUT2D eigenvalue weighted by molar-refractivity contribution is 0.305. The molecular formula is C28H28BrFN4O2. The zero-order valence-corrected chi connectivity index (χ0v) is 22.1. The summed E-state index contributed by atoms with van der Waals surface area (Å²) in [6, 6.07) is 17.5. The summed E-state index contributed by atoms with van der Waals surface area (Å²) in [7, 11) is 3.90. The summed E-state index contributed by atoms with van der Waals surface area (Å²) in [6.07, 6.45) is 4.14. The number of aromatic nitrogens is 2. The molecule has 0 radical (unpaired) electrons. The summed E-state index contributed by atoms with van der Waals surface area (Å²) in [4.78, 5) is 20.1. The van der Waals surface area contributed by atoms with Crippen molar-refractivity contribution in [3.63, 3.8) is 0 Å². The first-order valence-corrected chi connectivity index (χ1v) is 12.6. The van der Waals surface area contributed by atoms with E-state index in [0.717, 1.165) is 28.6 Å². The Labute approximate surface area is 218 Å². The maximum absolute atomic E-state index is 13.4. The van der Waals surface area contributed by atoms with E-state index in [2.05, 4.69) is 28.0 Å². The molecule has 8 heteroatoms. The van der Waals surface area contributed by atoms with Crippen LogP contribution in [0.4, 0.5) is 10.1 Å². The lowest BCUT2D eigenvalue weighted by Gasteiger charge is -2.16. The van der Waals surface area contributed by atoms with Crippen LogP contribution in [0.3, 0.4) is 0 Å². The van der Waals surface area contributed by atoms with Crippen molar-refractivity contribution in [1.82, 2.24) is 9.66 Å². The van der Waals surface area contributed by atoms with E-state index < -0.39 is 0 Å². The molecule has 1 aromatic heterocycles. The molecule has 4 aromatic rings. The van der Waals surface area contributed by atoms with Crippen LogP contribution in [0.25, 0.3) is 10.9 Å². The highest BCUT2D eigenvalue weighted by Gasteiger charge is 2.12. The lowest BCUT2D eigenvalue weighted by atomic mass is 10.2. The van der Waals surface area contributed by atoms with Crippen molar-refractivity contribution >= 4 is 38.7 Å². The van der Waals surface area contributed by atoms with Crippen molar-refractivity contribution in [3.05, 3.63) is 98.3 Å². The zero-order chi connectivity index (χ0) is 25.7. The third-order valence-corrected chi connectivity index (χ3v) is 6.26. The van der Waals surface area contributed by atoms with E-state index in [1.54, 1.807) is 24.4 Å². The minimum atomic E-state index is -0.290. The summed E-state index contributed by atoms with van der Waals surface area (Å²) in [6.45, 7) is 2.37. The Kier molecular flexibility index (Phi) is 8.15. The van der Waals surface area contributed by atoms with Crippen LogP contribution in [0.2, 0.25) is 0 Å². The van der Waals surface area contributed by atoms with Crippen LogP contribution in [-0.4, -0.2) is 30.0 Å². The Hall–Kier alpha value is -3.52. The monoisotopic (exact) mass is 550 g/mol. The molecule has 1 heterocycles. The highest BCUT2D eigenvalue weighted by Crippen LogP contribution is 2.25. The number of hydrogen-bond donors (Lipinski definition) is 0. The van der Waals surface area contributed by atoms with Gasteiger partial charge in [-0.25, -0.2) is 9.37 Å². The van der Waals surface area contributed by atoms with E-state index >= 15 is 0 Å². The number of aryl methyl sites for hydroxylation is 1. The minimum Gasteiger partial charge on any atom is -0.488 e. The van der Waals surface area contributed by atoms with Gasteiger partial charge in [0.05, 0.1) is 17.1 Å². The third kappa shape index (κ3) is 5.99. The van der Waals surface area contributed by atoms with Crippen LogP contribution in [0.1, 0.15) is 36.7 Å². The Morgan fingerprint density at radius 1 is 1.11 bits per heavy atom. The second kappa shape index (κ2) is 11.5. The smallest absolute Gasteiger partial charge is 0.282 e. The Balaban J connectivity index is 1.73. The fourth-order valence-electron chi connectivity index (χ4n) is 3.71. The molecule has 0 aliphatic carbocycles. The fourth-order valence-corrected chi connectivity index (χ4v) is 4.07. The molecule has 3 aromatic carbocycles. The molecular weight excluding hydrogens is 523 g/mol. The molecule has 0 bridgehead atoms. The lowest BCUT2D eigenvalue weighted by Crippen LogP contribution is -2.22. The Morgan fingerprint density at radius 3 is 2.61 bits per heavy atom. The van der Waals surface area contributed by atoms with E-state index in [1.807, 2.05) is 49.3 Å². The van der Waals surface area contributed by atoms with Gasteiger partial charge in [0, 0.05) is 42.3 Å². The topological polar surface area (TPSA) is 59.7 Å². The van der Waals surface area contributed by atoms with Gasteiger partial charge in [-0.1, -0.05) is 41.4 Å². The second-order valence-corrected chi connectivity index (χ2v) is 9.60. The van der Waals surface area contributed by atoms with Gasteiger partial charge in [0.2, 0.25) is 0 Å². The molecule has 0 saturated carbocycles. The molecule has 0 spiro atoms. The number of benzene rings is 3. The highest BCUT2D eigenvalue weighted by molar-refractivity contribution is 9.10. The number of halogens is 2. The van der Waals surface area contributed by atoms with E-state index in [9.17, 15) is 9.18 Å². The quantitative estimate of drug-likeness (QED) is 0.234. The van der Waals surface area contributed by atoms with Crippen molar-refractivity contribution in [1.29, 1.82) is 0 Å². The standard InChI is InChI=1S/C28H28BrFN4O2/c1-4-5-6-27-32-25-14-10-21(29)15-24(25)28(35)34(27)31-17-20-9-13-23(33(2)3)16-26(20)36-18-19-7-11-22(30)12-8-19/h7-17H,4-6,18H2,1-3H3. The molecule has 6 nitrogen and oxygen atoms in total. The SMILES string of the molecule is CCCCc1nc2ccc(Br)cc2c(=O)n1N=Cc1ccc(N(C)C)cc1OCc1ccc(F)cc1. The summed E-state index contributed by atoms with van der Waals surface area (Å²) in [5, 5.41) is 5.07. The average molecular weight is 551 g/mol. The first-order valence-electron chi connectivity index (χ1n) is 11.8. The van der Waals surface area contributed by atoms with Crippen LogP contribution in [-0.2, 0) is 13.0 Å². The molecule has 4 rings (SSSR count). The number of ether oxygens (including phenoxy) is 1. The number of rotatable bonds is 9. The molecule has 186 valence electrons. The van der Waals surface area contributed by atoms with Gasteiger partial charge in [-0.2, -0.15) is 9.78 Å². The van der Waals surface area contributed by atoms with E-state index in [1.165, 1.54) is 16.8 Å². The van der Waals surface area contributed by atoms with Crippen LogP contribution >= 0.6 is 15.9 Å². The van der Waals surface area contributed by atoms with Gasteiger partial charge < -0.3 is 9.64 Å². The van der Waals surface area contributed by atoms with Crippen molar-refractivity contribution < 1.29 is 9.13 Å². The number of nitrogens with zero attached hydrogens (tertiary/aromatic N) is 4. The number of fused-ring (bicyclic) bond motifs is 1. The number of hydrogen-bond acceptors (Lipinski definition) is 5. The predicted octanol–water partition coefficient (Wildman–Crippen LogP) is 6.17. The van der Waals surface area contributed by atoms with E-state index in [-0.39, 0.29) is 18.0 Å². The predicted molar refractivity (Wildman–Crippen MR) is 147 cm³/mol. The Morgan fingerprint density at radius 2 is 1.89 bits per heavy atom. The van der Waals surface area contributed by atoms with Crippen LogP contribution in [0, 0.1) is 5.82 Å². The van der Waals surface area contributed by atoms with Gasteiger partial charge in [-0.05, 0) is 54.4 Å². The van der Waals surface area contributed by atoms with Crippen LogP contribution < -0.4 is 15.2 Å². The molecule has 0 amide bonds. The van der Waals surface area contributed by atoms with Crippen molar-refractivity contribution in [2.45, 2.75) is 32.8 Å². The number of anilines is 1. The van der Waals surface area contributed by atoms with Gasteiger partial charge >= 0.3 is 0 Å². The number of unbranched alkanes of at least 4 members (excludes halogenated alkanes) is 1. The average Bonchev–Trinajstić information content (AvgIpc) is 2.87. The van der Waals surface area contributed by atoms with Crippen molar-refractivity contribution in [2.24, 2.45) is 5.10 Å². The van der Waals surface area contributed by atoms with E-state index in [4.69, 9.17) is 9.72 Å². The Bertz CT molecular complexity index is 1450. The van der Waals surface area contributed by atoms with Gasteiger partial charge in [-0.15, -0.1) is 0 Å². The molecule has 0 saturated heterocycles. The maximum Gasteiger partial charge on any atom is 0.282 e. The minimum absolute atomic E-state index is 0.220. The molecule has 36 heavy (non-hydrogen) atoms. The normalized spacial score (nSPS) is 11.4. The van der Waals surface area contributed by atoms with Crippen molar-refractivity contribution in [2.75, 3.05) is 19.0 Å². The van der Waals surface area contributed by atoms with Gasteiger partial charge in [0.15, 0.2) is 0 Å². The molecule has 0 aliphatic rings. The van der Waals surface area contributed by atoms with Crippen LogP contribution in [0.5, 0.6) is 5.75 Å². The molecule has 0 aliphatic heterocycles. The summed E-state index contributed by atoms with van der Waals surface area (Å²) in [5.74, 6) is 0.932. The van der Waals surface area contributed by atoms with Gasteiger partial charge in [0.1, 0.15) is 24.0 Å². The molecule has 0 unspecified atom stereocenters. The summed E-state index contributed by atoms with van der Waals surface area (Å²) >= 11 is 3.44. The van der Waals surface area contributed by atoms with Crippen LogP contribution in [0.15, 0.2) is 75.0 Å². The fraction of sp³-hybridized carbons (Fsp3) is 0.250. The first kappa shape index (κ1) is 25.6. The zero-order valence-electron chi connectivity index (χ0n) is 20.5. The molecule has 0 N–H and O–H groups in total. The van der Waals surface area contributed by atoms with E-state index in [0.29, 0.717) is 34.5 Å². The van der Waals surface area contributed by atoms with Gasteiger partial charge in [-0.3, -0.25) is 4.79 Å².